The zero-order chi connectivity index (χ0) is 9.14. The summed E-state index contributed by atoms with van der Waals surface area (Å²) in [6.07, 6.45) is 0.391. The molecule has 0 amide bonds. The van der Waals surface area contributed by atoms with Gasteiger partial charge in [0.25, 0.3) is 0 Å². The van der Waals surface area contributed by atoms with E-state index in [2.05, 4.69) is 22.0 Å². The number of nitriles is 1. The largest absolute Gasteiger partial charge is 0.198 e. The smallest absolute Gasteiger partial charge is 0.0670 e. The van der Waals surface area contributed by atoms with Crippen molar-refractivity contribution in [2.45, 2.75) is 13.3 Å². The lowest BCUT2D eigenvalue weighted by molar-refractivity contribution is 1.22. The molecule has 0 unspecified atom stereocenters. The molecule has 62 valence electrons. The van der Waals surface area contributed by atoms with E-state index in [1.165, 1.54) is 0 Å². The summed E-state index contributed by atoms with van der Waals surface area (Å²) in [5.74, 6) is 0. The molecule has 0 bridgehead atoms. The van der Waals surface area contributed by atoms with Crippen molar-refractivity contribution in [2.75, 3.05) is 0 Å². The molecule has 0 N–H and O–H groups in total. The van der Waals surface area contributed by atoms with Crippen molar-refractivity contribution in [2.24, 2.45) is 0 Å². The molecule has 1 rings (SSSR count). The lowest BCUT2D eigenvalue weighted by Crippen LogP contribution is -1.87. The van der Waals surface area contributed by atoms with Crippen LogP contribution in [-0.4, -0.2) is 0 Å². The number of benzene rings is 1. The first-order valence-electron chi connectivity index (χ1n) is 3.46. The number of aryl methyl sites for hydroxylation is 1. The summed E-state index contributed by atoms with van der Waals surface area (Å²) in [6, 6.07) is 5.77. The Morgan fingerprint density at radius 1 is 1.58 bits per heavy atom. The average molecular weight is 245 g/mol. The zero-order valence-corrected chi connectivity index (χ0v) is 8.91. The van der Waals surface area contributed by atoms with Crippen LogP contribution in [0.25, 0.3) is 0 Å². The number of hydrogen-bond donors (Lipinski definition) is 0. The third-order valence-electron chi connectivity index (χ3n) is 1.56. The molecule has 1 nitrogen and oxygen atoms in total. The Kier molecular flexibility index (Phi) is 3.13. The summed E-state index contributed by atoms with van der Waals surface area (Å²) in [4.78, 5) is 0. The van der Waals surface area contributed by atoms with Crippen molar-refractivity contribution >= 4 is 27.5 Å². The molecule has 0 radical (unpaired) electrons. The van der Waals surface area contributed by atoms with Crippen LogP contribution in [0, 0.1) is 18.3 Å². The maximum absolute atomic E-state index is 8.51. The topological polar surface area (TPSA) is 23.8 Å². The fourth-order valence-corrected chi connectivity index (χ4v) is 1.67. The molecule has 0 saturated carbocycles. The lowest BCUT2D eigenvalue weighted by Gasteiger charge is -2.03. The molecule has 0 aliphatic heterocycles. The van der Waals surface area contributed by atoms with E-state index in [1.807, 2.05) is 19.1 Å². The van der Waals surface area contributed by atoms with E-state index < -0.39 is 0 Å². The highest BCUT2D eigenvalue weighted by Gasteiger charge is 2.03. The van der Waals surface area contributed by atoms with Crippen LogP contribution < -0.4 is 0 Å². The van der Waals surface area contributed by atoms with Gasteiger partial charge in [-0.25, -0.2) is 0 Å². The molecule has 0 spiro atoms. The third kappa shape index (κ3) is 2.00. The quantitative estimate of drug-likeness (QED) is 0.742. The van der Waals surface area contributed by atoms with E-state index in [-0.39, 0.29) is 0 Å². The van der Waals surface area contributed by atoms with Gasteiger partial charge in [-0.1, -0.05) is 27.5 Å². The summed E-state index contributed by atoms with van der Waals surface area (Å²) in [5, 5.41) is 9.19. The van der Waals surface area contributed by atoms with Crippen LogP contribution in [-0.2, 0) is 6.42 Å². The zero-order valence-electron chi connectivity index (χ0n) is 6.56. The van der Waals surface area contributed by atoms with E-state index >= 15 is 0 Å². The summed E-state index contributed by atoms with van der Waals surface area (Å²) < 4.78 is 0.980. The van der Waals surface area contributed by atoms with Gasteiger partial charge in [-0.15, -0.1) is 0 Å². The summed E-state index contributed by atoms with van der Waals surface area (Å²) in [7, 11) is 0. The monoisotopic (exact) mass is 243 g/mol. The van der Waals surface area contributed by atoms with Crippen LogP contribution in [0.5, 0.6) is 0 Å². The van der Waals surface area contributed by atoms with Crippen LogP contribution >= 0.6 is 27.5 Å². The Morgan fingerprint density at radius 3 is 2.83 bits per heavy atom. The minimum absolute atomic E-state index is 0.391. The second kappa shape index (κ2) is 3.93. The minimum Gasteiger partial charge on any atom is -0.198 e. The number of rotatable bonds is 1. The van der Waals surface area contributed by atoms with Gasteiger partial charge in [0.1, 0.15) is 0 Å². The van der Waals surface area contributed by atoms with Crippen molar-refractivity contribution in [3.05, 3.63) is 32.8 Å². The second-order valence-electron chi connectivity index (χ2n) is 2.53. The highest BCUT2D eigenvalue weighted by molar-refractivity contribution is 9.10. The molecule has 1 aromatic carbocycles. The Morgan fingerprint density at radius 2 is 2.25 bits per heavy atom. The first-order valence-corrected chi connectivity index (χ1v) is 4.63. The molecule has 0 aliphatic rings. The van der Waals surface area contributed by atoms with Crippen LogP contribution in [0.2, 0.25) is 5.02 Å². The number of halogens is 2. The molecule has 3 heteroatoms. The SMILES string of the molecule is Cc1cc(Cl)cc(CC#N)c1Br. The lowest BCUT2D eigenvalue weighted by atomic mass is 10.1. The van der Waals surface area contributed by atoms with Crippen LogP contribution in [0.15, 0.2) is 16.6 Å². The van der Waals surface area contributed by atoms with Gasteiger partial charge in [0.05, 0.1) is 12.5 Å². The maximum Gasteiger partial charge on any atom is 0.0670 e. The Hall–Kier alpha value is -0.520. The van der Waals surface area contributed by atoms with Gasteiger partial charge in [0.2, 0.25) is 0 Å². The van der Waals surface area contributed by atoms with Crippen molar-refractivity contribution in [1.82, 2.24) is 0 Å². The Balaban J connectivity index is 3.20. The van der Waals surface area contributed by atoms with Crippen molar-refractivity contribution in [3.8, 4) is 6.07 Å². The van der Waals surface area contributed by atoms with Crippen LogP contribution in [0.4, 0.5) is 0 Å². The standard InChI is InChI=1S/C9H7BrClN/c1-6-4-8(11)5-7(2-3-12)9(6)10/h4-5H,2H2,1H3. The fourth-order valence-electron chi connectivity index (χ4n) is 1.01. The Bertz CT molecular complexity index is 341. The summed E-state index contributed by atoms with van der Waals surface area (Å²) >= 11 is 9.23. The van der Waals surface area contributed by atoms with Gasteiger partial charge in [-0.2, -0.15) is 5.26 Å². The first-order chi connectivity index (χ1) is 5.65. The third-order valence-corrected chi connectivity index (χ3v) is 2.92. The van der Waals surface area contributed by atoms with Crippen LogP contribution in [0.1, 0.15) is 11.1 Å². The van der Waals surface area contributed by atoms with E-state index in [0.717, 1.165) is 15.6 Å². The van der Waals surface area contributed by atoms with Gasteiger partial charge in [-0.3, -0.25) is 0 Å². The number of hydrogen-bond acceptors (Lipinski definition) is 1. The van der Waals surface area contributed by atoms with Gasteiger partial charge >= 0.3 is 0 Å². The molecule has 0 heterocycles. The minimum atomic E-state index is 0.391. The summed E-state index contributed by atoms with van der Waals surface area (Å²) in [6.45, 7) is 1.96. The second-order valence-corrected chi connectivity index (χ2v) is 3.76. The molecule has 0 aromatic heterocycles. The predicted octanol–water partition coefficient (Wildman–Crippen LogP) is 3.48. The van der Waals surface area contributed by atoms with Crippen molar-refractivity contribution < 1.29 is 0 Å². The van der Waals surface area contributed by atoms with Gasteiger partial charge in [0.15, 0.2) is 0 Å². The molecule has 0 aliphatic carbocycles. The molecule has 0 atom stereocenters. The van der Waals surface area contributed by atoms with Gasteiger partial charge in [0, 0.05) is 9.50 Å². The van der Waals surface area contributed by atoms with Crippen LogP contribution in [0.3, 0.4) is 0 Å². The van der Waals surface area contributed by atoms with E-state index in [9.17, 15) is 0 Å². The summed E-state index contributed by atoms with van der Waals surface area (Å²) in [5.41, 5.74) is 2.01. The van der Waals surface area contributed by atoms with Gasteiger partial charge in [-0.05, 0) is 30.2 Å². The number of nitrogens with zero attached hydrogens (tertiary/aromatic N) is 1. The fraction of sp³-hybridized carbons (Fsp3) is 0.222. The van der Waals surface area contributed by atoms with E-state index in [4.69, 9.17) is 16.9 Å². The molecule has 12 heavy (non-hydrogen) atoms. The van der Waals surface area contributed by atoms with E-state index in [0.29, 0.717) is 11.4 Å². The maximum atomic E-state index is 8.51. The highest BCUT2D eigenvalue weighted by Crippen LogP contribution is 2.25. The van der Waals surface area contributed by atoms with Gasteiger partial charge < -0.3 is 0 Å². The predicted molar refractivity (Wildman–Crippen MR) is 53.2 cm³/mol. The van der Waals surface area contributed by atoms with Crippen molar-refractivity contribution in [1.29, 1.82) is 5.26 Å². The molecule has 0 saturated heterocycles. The van der Waals surface area contributed by atoms with E-state index in [1.54, 1.807) is 0 Å². The normalized spacial score (nSPS) is 9.50. The molecular weight excluding hydrogens is 237 g/mol. The molecule has 1 aromatic rings. The first kappa shape index (κ1) is 9.57. The molecule has 0 fully saturated rings. The Labute approximate surface area is 85.1 Å². The average Bonchev–Trinajstić information content (AvgIpc) is 2.00. The highest BCUT2D eigenvalue weighted by atomic mass is 79.9. The molecular formula is C9H7BrClN. The van der Waals surface area contributed by atoms with Crippen molar-refractivity contribution in [3.63, 3.8) is 0 Å².